The van der Waals surface area contributed by atoms with E-state index in [0.717, 1.165) is 5.92 Å². The Hall–Kier alpha value is -0.260. The van der Waals surface area contributed by atoms with Crippen molar-refractivity contribution >= 4 is 0 Å². The first-order valence-corrected chi connectivity index (χ1v) is 5.13. The van der Waals surface area contributed by atoms with Gasteiger partial charge in [0.05, 0.1) is 0 Å². The monoisotopic (exact) mass is 172 g/mol. The summed E-state index contributed by atoms with van der Waals surface area (Å²) in [5.74, 6) is 0.833. The Balaban J connectivity index is -0.000000101. The molecular weight excluding hydrogens is 144 g/mol. The molecule has 0 aromatic rings. The predicted molar refractivity (Wildman–Crippen MR) is 61.6 cm³/mol. The molecule has 76 valence electrons. The van der Waals surface area contributed by atoms with Gasteiger partial charge in [-0.25, -0.2) is 0 Å². The van der Waals surface area contributed by atoms with E-state index in [4.69, 9.17) is 0 Å². The second kappa shape index (κ2) is 22.4. The molecule has 0 N–H and O–H groups in total. The van der Waals surface area contributed by atoms with Crippen molar-refractivity contribution in [3.8, 4) is 0 Å². The number of hydrogen-bond acceptors (Lipinski definition) is 0. The van der Waals surface area contributed by atoms with Gasteiger partial charge in [-0.3, -0.25) is 0 Å². The van der Waals surface area contributed by atoms with E-state index in [0.29, 0.717) is 0 Å². The van der Waals surface area contributed by atoms with E-state index in [1.54, 1.807) is 0 Å². The zero-order valence-corrected chi connectivity index (χ0v) is 10.1. The fourth-order valence-electron chi connectivity index (χ4n) is 0. The van der Waals surface area contributed by atoms with Crippen molar-refractivity contribution in [2.24, 2.45) is 5.92 Å². The van der Waals surface area contributed by atoms with Crippen LogP contribution in [0.3, 0.4) is 0 Å². The summed E-state index contributed by atoms with van der Waals surface area (Å²) in [6.07, 6.45) is 6.64. The lowest BCUT2D eigenvalue weighted by molar-refractivity contribution is 0.737. The second-order valence-electron chi connectivity index (χ2n) is 3.40. The molecule has 0 bridgehead atoms. The Kier molecular flexibility index (Phi) is 33.1. The van der Waals surface area contributed by atoms with E-state index in [9.17, 15) is 0 Å². The van der Waals surface area contributed by atoms with E-state index < -0.39 is 0 Å². The van der Waals surface area contributed by atoms with Gasteiger partial charge in [-0.05, 0) is 19.8 Å². The van der Waals surface area contributed by atoms with Gasteiger partial charge >= 0.3 is 0 Å². The Bertz CT molecular complexity index is 51.7. The highest BCUT2D eigenvalue weighted by molar-refractivity contribution is 4.68. The summed E-state index contributed by atoms with van der Waals surface area (Å²) in [6, 6.07) is 0. The van der Waals surface area contributed by atoms with Crippen LogP contribution >= 0.6 is 0 Å². The molecule has 0 radical (unpaired) electrons. The average molecular weight is 172 g/mol. The molecule has 0 aliphatic rings. The van der Waals surface area contributed by atoms with Gasteiger partial charge in [0.15, 0.2) is 0 Å². The Morgan fingerprint density at radius 3 is 1.00 bits per heavy atom. The molecule has 12 heavy (non-hydrogen) atoms. The number of hydrogen-bond donors (Lipinski definition) is 0. The summed E-state index contributed by atoms with van der Waals surface area (Å²) < 4.78 is 0. The van der Waals surface area contributed by atoms with Crippen molar-refractivity contribution in [2.75, 3.05) is 0 Å². The summed E-state index contributed by atoms with van der Waals surface area (Å²) in [7, 11) is 0. The van der Waals surface area contributed by atoms with Crippen LogP contribution in [0.5, 0.6) is 0 Å². The lowest BCUT2D eigenvalue weighted by atomic mass is 10.3. The lowest BCUT2D eigenvalue weighted by Gasteiger charge is -1.79. The van der Waals surface area contributed by atoms with E-state index in [1.807, 2.05) is 26.0 Å². The minimum Gasteiger partial charge on any atom is -0.0919 e. The van der Waals surface area contributed by atoms with Gasteiger partial charge in [0.2, 0.25) is 0 Å². The molecule has 0 nitrogen and oxygen atoms in total. The molecule has 0 heterocycles. The summed E-state index contributed by atoms with van der Waals surface area (Å²) in [4.78, 5) is 0. The fourth-order valence-corrected chi connectivity index (χ4v) is 0. The molecule has 0 aliphatic carbocycles. The number of allylic oxidation sites excluding steroid dienone is 2. The van der Waals surface area contributed by atoms with Crippen molar-refractivity contribution < 1.29 is 0 Å². The highest BCUT2D eigenvalue weighted by atomic mass is 13.7. The molecule has 0 rings (SSSR count). The molecular formula is C12H28. The Morgan fingerprint density at radius 2 is 1.00 bits per heavy atom. The van der Waals surface area contributed by atoms with Gasteiger partial charge < -0.3 is 0 Å². The minimum atomic E-state index is 0.833. The SMILES string of the molecule is CC(C)C.CC=CC.CCCC. The highest BCUT2D eigenvalue weighted by Crippen LogP contribution is 1.81. The zero-order valence-electron chi connectivity index (χ0n) is 10.1. The van der Waals surface area contributed by atoms with Crippen molar-refractivity contribution in [2.45, 2.75) is 61.3 Å². The molecule has 0 saturated heterocycles. The summed E-state index contributed by atoms with van der Waals surface area (Å²) in [5, 5.41) is 0. The van der Waals surface area contributed by atoms with Gasteiger partial charge in [0.1, 0.15) is 0 Å². The maximum absolute atomic E-state index is 2.18. The van der Waals surface area contributed by atoms with Gasteiger partial charge in [-0.2, -0.15) is 0 Å². The number of unbranched alkanes of at least 4 members (excludes halogenated alkanes) is 1. The van der Waals surface area contributed by atoms with Crippen LogP contribution in [0.4, 0.5) is 0 Å². The molecule has 0 amide bonds. The van der Waals surface area contributed by atoms with Crippen LogP contribution in [0.2, 0.25) is 0 Å². The third-order valence-electron chi connectivity index (χ3n) is 0.833. The van der Waals surface area contributed by atoms with Crippen LogP contribution in [0, 0.1) is 5.92 Å². The average Bonchev–Trinajstić information content (AvgIpc) is 2.03. The predicted octanol–water partition coefficient (Wildman–Crippen LogP) is 5.05. The first kappa shape index (κ1) is 17.7. The van der Waals surface area contributed by atoms with Gasteiger partial charge in [0.25, 0.3) is 0 Å². The zero-order chi connectivity index (χ0) is 10.4. The first-order valence-electron chi connectivity index (χ1n) is 5.13. The summed E-state index contributed by atoms with van der Waals surface area (Å²) >= 11 is 0. The van der Waals surface area contributed by atoms with Gasteiger partial charge in [-0.15, -0.1) is 0 Å². The van der Waals surface area contributed by atoms with Crippen molar-refractivity contribution in [3.05, 3.63) is 12.2 Å². The molecule has 0 aromatic heterocycles. The standard InChI is InChI=1S/2C4H10.C4H8/c1-4(2)3;2*1-3-4-2/h4H,1-3H3;3-4H2,1-2H3;3-4H,1-2H3. The molecule has 0 aromatic carbocycles. The van der Waals surface area contributed by atoms with Crippen LogP contribution in [0.15, 0.2) is 12.2 Å². The quantitative estimate of drug-likeness (QED) is 0.485. The second-order valence-corrected chi connectivity index (χ2v) is 3.40. The smallest absolute Gasteiger partial charge is 0.0470 e. The third kappa shape index (κ3) is 246. The van der Waals surface area contributed by atoms with Crippen LogP contribution in [-0.4, -0.2) is 0 Å². The summed E-state index contributed by atoms with van der Waals surface area (Å²) in [5.41, 5.74) is 0. The minimum absolute atomic E-state index is 0.833. The van der Waals surface area contributed by atoms with Crippen molar-refractivity contribution in [1.29, 1.82) is 0 Å². The molecule has 0 heteroatoms. The molecule has 0 aliphatic heterocycles. The summed E-state index contributed by atoms with van der Waals surface area (Å²) in [6.45, 7) is 14.9. The van der Waals surface area contributed by atoms with Crippen LogP contribution in [-0.2, 0) is 0 Å². The van der Waals surface area contributed by atoms with Crippen LogP contribution in [0.25, 0.3) is 0 Å². The van der Waals surface area contributed by atoms with Crippen LogP contribution in [0.1, 0.15) is 61.3 Å². The molecule has 0 unspecified atom stereocenters. The van der Waals surface area contributed by atoms with Gasteiger partial charge in [-0.1, -0.05) is 59.6 Å². The van der Waals surface area contributed by atoms with E-state index >= 15 is 0 Å². The molecule has 0 fully saturated rings. The van der Waals surface area contributed by atoms with E-state index in [1.165, 1.54) is 12.8 Å². The maximum Gasteiger partial charge on any atom is -0.0470 e. The maximum atomic E-state index is 2.18. The Labute approximate surface area is 80.1 Å². The van der Waals surface area contributed by atoms with Gasteiger partial charge in [0, 0.05) is 0 Å². The van der Waals surface area contributed by atoms with E-state index in [-0.39, 0.29) is 0 Å². The third-order valence-corrected chi connectivity index (χ3v) is 0.833. The largest absolute Gasteiger partial charge is 0.0919 e. The molecule has 0 saturated carbocycles. The number of rotatable bonds is 1. The normalized spacial score (nSPS) is 8.67. The van der Waals surface area contributed by atoms with E-state index in [2.05, 4.69) is 34.6 Å². The van der Waals surface area contributed by atoms with Crippen LogP contribution < -0.4 is 0 Å². The molecule has 0 spiro atoms. The Morgan fingerprint density at radius 1 is 0.833 bits per heavy atom. The molecule has 0 atom stereocenters. The van der Waals surface area contributed by atoms with Crippen molar-refractivity contribution in [3.63, 3.8) is 0 Å². The lowest BCUT2D eigenvalue weighted by Crippen LogP contribution is -1.66. The van der Waals surface area contributed by atoms with Crippen molar-refractivity contribution in [1.82, 2.24) is 0 Å². The fraction of sp³-hybridized carbons (Fsp3) is 0.833. The topological polar surface area (TPSA) is 0 Å². The first-order chi connectivity index (χ1) is 5.56. The highest BCUT2D eigenvalue weighted by Gasteiger charge is 1.68.